The molecule has 0 saturated carbocycles. The predicted octanol–water partition coefficient (Wildman–Crippen LogP) is 3.23. The third kappa shape index (κ3) is 3.22. The van der Waals surface area contributed by atoms with E-state index in [-0.39, 0.29) is 11.9 Å². The Morgan fingerprint density at radius 3 is 2.84 bits per heavy atom. The molecule has 1 aliphatic heterocycles. The number of esters is 1. The fourth-order valence-corrected chi connectivity index (χ4v) is 2.95. The van der Waals surface area contributed by atoms with Crippen molar-refractivity contribution in [3.63, 3.8) is 0 Å². The molecule has 5 heteroatoms. The molecule has 0 aromatic heterocycles. The summed E-state index contributed by atoms with van der Waals surface area (Å²) in [6, 6.07) is 5.63. The lowest BCUT2D eigenvalue weighted by atomic mass is 9.99. The van der Waals surface area contributed by atoms with Crippen molar-refractivity contribution < 1.29 is 9.53 Å². The normalized spacial score (nSPS) is 23.6. The van der Waals surface area contributed by atoms with Crippen LogP contribution in [0.1, 0.15) is 12.5 Å². The molecule has 0 N–H and O–H groups in total. The first-order chi connectivity index (χ1) is 9.02. The van der Waals surface area contributed by atoms with Crippen molar-refractivity contribution in [2.75, 3.05) is 20.2 Å². The van der Waals surface area contributed by atoms with Gasteiger partial charge in [0.25, 0.3) is 0 Å². The summed E-state index contributed by atoms with van der Waals surface area (Å²) in [6.45, 7) is 4.34. The van der Waals surface area contributed by atoms with Gasteiger partial charge in [0.15, 0.2) is 0 Å². The predicted molar refractivity (Wildman–Crippen MR) is 76.4 cm³/mol. The monoisotopic (exact) mass is 301 g/mol. The number of likely N-dealkylation sites (tertiary alicyclic amines) is 1. The standard InChI is InChI=1S/C14H17Cl2NO2/c1-9-6-17(8-11(9)14(18)19-2)7-10-4-3-5-12(15)13(10)16/h3-5,9,11H,6-8H2,1-2H3. The van der Waals surface area contributed by atoms with Crippen LogP contribution in [-0.4, -0.2) is 31.1 Å². The first-order valence-electron chi connectivity index (χ1n) is 6.26. The molecule has 2 atom stereocenters. The molecule has 1 heterocycles. The topological polar surface area (TPSA) is 29.5 Å². The largest absolute Gasteiger partial charge is 0.469 e. The number of hydrogen-bond donors (Lipinski definition) is 0. The van der Waals surface area contributed by atoms with Gasteiger partial charge in [-0.2, -0.15) is 0 Å². The van der Waals surface area contributed by atoms with Crippen molar-refractivity contribution in [1.29, 1.82) is 0 Å². The zero-order valence-corrected chi connectivity index (χ0v) is 12.5. The Kier molecular flexibility index (Phi) is 4.71. The maximum Gasteiger partial charge on any atom is 0.310 e. The molecule has 1 aromatic carbocycles. The van der Waals surface area contributed by atoms with Gasteiger partial charge in [0.1, 0.15) is 0 Å². The average Bonchev–Trinajstić information content (AvgIpc) is 2.75. The van der Waals surface area contributed by atoms with Gasteiger partial charge in [0.05, 0.1) is 23.1 Å². The number of hydrogen-bond acceptors (Lipinski definition) is 3. The third-order valence-corrected chi connectivity index (χ3v) is 4.48. The second-order valence-corrected chi connectivity index (χ2v) is 5.80. The van der Waals surface area contributed by atoms with Crippen molar-refractivity contribution in [3.05, 3.63) is 33.8 Å². The average molecular weight is 302 g/mol. The number of benzene rings is 1. The van der Waals surface area contributed by atoms with E-state index < -0.39 is 0 Å². The van der Waals surface area contributed by atoms with Gasteiger partial charge in [-0.05, 0) is 17.5 Å². The van der Waals surface area contributed by atoms with Crippen LogP contribution in [0.3, 0.4) is 0 Å². The molecule has 0 amide bonds. The lowest BCUT2D eigenvalue weighted by Gasteiger charge is -2.16. The summed E-state index contributed by atoms with van der Waals surface area (Å²) in [4.78, 5) is 13.9. The number of carbonyl (C=O) groups is 1. The summed E-state index contributed by atoms with van der Waals surface area (Å²) >= 11 is 12.2. The molecule has 0 aliphatic carbocycles. The Labute approximate surface area is 123 Å². The van der Waals surface area contributed by atoms with Gasteiger partial charge in [-0.3, -0.25) is 9.69 Å². The van der Waals surface area contributed by atoms with E-state index in [1.807, 2.05) is 12.1 Å². The summed E-state index contributed by atoms with van der Waals surface area (Å²) in [7, 11) is 1.44. The van der Waals surface area contributed by atoms with Crippen molar-refractivity contribution in [2.24, 2.45) is 11.8 Å². The molecule has 3 nitrogen and oxygen atoms in total. The van der Waals surface area contributed by atoms with Crippen LogP contribution in [0.25, 0.3) is 0 Å². The van der Waals surface area contributed by atoms with Gasteiger partial charge >= 0.3 is 5.97 Å². The minimum atomic E-state index is -0.132. The number of halogens is 2. The first-order valence-corrected chi connectivity index (χ1v) is 7.01. The Morgan fingerprint density at radius 2 is 2.16 bits per heavy atom. The fraction of sp³-hybridized carbons (Fsp3) is 0.500. The van der Waals surface area contributed by atoms with Gasteiger partial charge in [-0.25, -0.2) is 0 Å². The van der Waals surface area contributed by atoms with Crippen LogP contribution < -0.4 is 0 Å². The molecule has 1 saturated heterocycles. The number of ether oxygens (including phenoxy) is 1. The van der Waals surface area contributed by atoms with E-state index in [9.17, 15) is 4.79 Å². The number of rotatable bonds is 3. The minimum Gasteiger partial charge on any atom is -0.469 e. The highest BCUT2D eigenvalue weighted by Gasteiger charge is 2.35. The van der Waals surface area contributed by atoms with Crippen molar-refractivity contribution in [2.45, 2.75) is 13.5 Å². The van der Waals surface area contributed by atoms with Gasteiger partial charge < -0.3 is 4.74 Å². The zero-order chi connectivity index (χ0) is 14.0. The Morgan fingerprint density at radius 1 is 1.42 bits per heavy atom. The van der Waals surface area contributed by atoms with Gasteiger partial charge in [0, 0.05) is 19.6 Å². The smallest absolute Gasteiger partial charge is 0.310 e. The van der Waals surface area contributed by atoms with E-state index >= 15 is 0 Å². The molecule has 0 spiro atoms. The number of carbonyl (C=O) groups excluding carboxylic acids is 1. The van der Waals surface area contributed by atoms with E-state index in [4.69, 9.17) is 27.9 Å². The van der Waals surface area contributed by atoms with Crippen molar-refractivity contribution in [3.8, 4) is 0 Å². The molecule has 2 unspecified atom stereocenters. The summed E-state index contributed by atoms with van der Waals surface area (Å²) in [6.07, 6.45) is 0. The molecule has 0 bridgehead atoms. The molecule has 1 fully saturated rings. The number of nitrogens with zero attached hydrogens (tertiary/aromatic N) is 1. The summed E-state index contributed by atoms with van der Waals surface area (Å²) < 4.78 is 4.83. The number of methoxy groups -OCH3 is 1. The van der Waals surface area contributed by atoms with Crippen LogP contribution in [-0.2, 0) is 16.1 Å². The summed E-state index contributed by atoms with van der Waals surface area (Å²) in [5.41, 5.74) is 0.992. The summed E-state index contributed by atoms with van der Waals surface area (Å²) in [5, 5.41) is 1.16. The van der Waals surface area contributed by atoms with Crippen LogP contribution in [0, 0.1) is 11.8 Å². The second kappa shape index (κ2) is 6.12. The van der Waals surface area contributed by atoms with Crippen LogP contribution in [0.2, 0.25) is 10.0 Å². The van der Waals surface area contributed by atoms with Gasteiger partial charge in [0.2, 0.25) is 0 Å². The van der Waals surface area contributed by atoms with E-state index in [0.29, 0.717) is 29.1 Å². The van der Waals surface area contributed by atoms with E-state index in [2.05, 4.69) is 11.8 Å². The van der Waals surface area contributed by atoms with Crippen molar-refractivity contribution in [1.82, 2.24) is 4.90 Å². The van der Waals surface area contributed by atoms with Crippen molar-refractivity contribution >= 4 is 29.2 Å². The first kappa shape index (κ1) is 14.6. The van der Waals surface area contributed by atoms with Gasteiger partial charge in [-0.15, -0.1) is 0 Å². The minimum absolute atomic E-state index is 0.0528. The van der Waals surface area contributed by atoms with E-state index in [1.54, 1.807) is 6.07 Å². The quantitative estimate of drug-likeness (QED) is 0.803. The van der Waals surface area contributed by atoms with Crippen LogP contribution in [0.4, 0.5) is 0 Å². The van der Waals surface area contributed by atoms with Crippen LogP contribution in [0.5, 0.6) is 0 Å². The zero-order valence-electron chi connectivity index (χ0n) is 11.0. The highest BCUT2D eigenvalue weighted by molar-refractivity contribution is 6.42. The molecule has 1 aliphatic rings. The lowest BCUT2D eigenvalue weighted by Crippen LogP contribution is -2.24. The van der Waals surface area contributed by atoms with Crippen LogP contribution in [0.15, 0.2) is 18.2 Å². The lowest BCUT2D eigenvalue weighted by molar-refractivity contribution is -0.146. The molecular weight excluding hydrogens is 285 g/mol. The molecular formula is C14H17Cl2NO2. The highest BCUT2D eigenvalue weighted by atomic mass is 35.5. The molecule has 104 valence electrons. The third-order valence-electron chi connectivity index (χ3n) is 3.62. The highest BCUT2D eigenvalue weighted by Crippen LogP contribution is 2.30. The fourth-order valence-electron chi connectivity index (χ4n) is 2.57. The molecule has 19 heavy (non-hydrogen) atoms. The molecule has 1 aromatic rings. The Balaban J connectivity index is 2.05. The van der Waals surface area contributed by atoms with E-state index in [0.717, 1.165) is 12.1 Å². The molecule has 0 radical (unpaired) electrons. The van der Waals surface area contributed by atoms with Crippen LogP contribution >= 0.6 is 23.2 Å². The Bertz CT molecular complexity index is 479. The maximum absolute atomic E-state index is 11.6. The SMILES string of the molecule is COC(=O)C1CN(Cc2cccc(Cl)c2Cl)CC1C. The summed E-state index contributed by atoms with van der Waals surface area (Å²) in [5.74, 6) is 0.112. The maximum atomic E-state index is 11.6. The molecule has 2 rings (SSSR count). The van der Waals surface area contributed by atoms with Gasteiger partial charge in [-0.1, -0.05) is 42.3 Å². The second-order valence-electron chi connectivity index (χ2n) is 5.01. The Hall–Kier alpha value is -0.770. The van der Waals surface area contributed by atoms with E-state index in [1.165, 1.54) is 7.11 Å².